The molecule has 1 heterocycles. The molecule has 4 heteroatoms. The maximum Gasteiger partial charge on any atom is 0.231 e. The molecule has 0 saturated carbocycles. The fourth-order valence-corrected chi connectivity index (χ4v) is 1.86. The molecule has 4 nitrogen and oxygen atoms in total. The van der Waals surface area contributed by atoms with Crippen LogP contribution in [0.2, 0.25) is 0 Å². The quantitative estimate of drug-likeness (QED) is 0.831. The molecule has 0 bridgehead atoms. The molecule has 0 aromatic heterocycles. The molecule has 1 aliphatic rings. The number of benzene rings is 1. The second kappa shape index (κ2) is 4.72. The van der Waals surface area contributed by atoms with Crippen molar-refractivity contribution in [2.45, 2.75) is 6.04 Å². The highest BCUT2D eigenvalue weighted by Gasteiger charge is 2.17. The van der Waals surface area contributed by atoms with Gasteiger partial charge < -0.3 is 19.7 Å². The molecule has 0 spiro atoms. The summed E-state index contributed by atoms with van der Waals surface area (Å²) in [7, 11) is 6.10. The number of rotatable bonds is 4. The van der Waals surface area contributed by atoms with Crippen molar-refractivity contribution in [2.24, 2.45) is 0 Å². The van der Waals surface area contributed by atoms with Gasteiger partial charge in [-0.05, 0) is 38.8 Å². The topological polar surface area (TPSA) is 33.7 Å². The van der Waals surface area contributed by atoms with E-state index >= 15 is 0 Å². The van der Waals surface area contributed by atoms with Crippen LogP contribution < -0.4 is 14.8 Å². The number of hydrogen-bond acceptors (Lipinski definition) is 4. The van der Waals surface area contributed by atoms with E-state index in [1.165, 1.54) is 5.56 Å². The SMILES string of the molecule is CNC(CN(C)C)c1ccc2c(c1)OCO2. The van der Waals surface area contributed by atoms with Gasteiger partial charge in [0, 0.05) is 12.6 Å². The Hall–Kier alpha value is -1.26. The second-order valence-electron chi connectivity index (χ2n) is 4.22. The van der Waals surface area contributed by atoms with Crippen LogP contribution in [0.1, 0.15) is 11.6 Å². The van der Waals surface area contributed by atoms with Crippen LogP contribution in [-0.2, 0) is 0 Å². The van der Waals surface area contributed by atoms with Gasteiger partial charge in [0.15, 0.2) is 11.5 Å². The van der Waals surface area contributed by atoms with Crippen LogP contribution in [-0.4, -0.2) is 39.4 Å². The number of likely N-dealkylation sites (N-methyl/N-ethyl adjacent to an activating group) is 2. The molecular formula is C12H18N2O2. The van der Waals surface area contributed by atoms with Crippen LogP contribution in [0.25, 0.3) is 0 Å². The normalized spacial score (nSPS) is 15.5. The first-order chi connectivity index (χ1) is 7.70. The molecule has 1 aliphatic heterocycles. The predicted molar refractivity (Wildman–Crippen MR) is 62.9 cm³/mol. The number of hydrogen-bond donors (Lipinski definition) is 1. The number of fused-ring (bicyclic) bond motifs is 1. The summed E-state index contributed by atoms with van der Waals surface area (Å²) in [6.45, 7) is 1.28. The molecular weight excluding hydrogens is 204 g/mol. The minimum absolute atomic E-state index is 0.310. The predicted octanol–water partition coefficient (Wildman–Crippen LogP) is 1.24. The Morgan fingerprint density at radius 3 is 2.75 bits per heavy atom. The average Bonchev–Trinajstić information content (AvgIpc) is 2.72. The van der Waals surface area contributed by atoms with Gasteiger partial charge in [-0.3, -0.25) is 0 Å². The maximum absolute atomic E-state index is 5.38. The maximum atomic E-state index is 5.38. The van der Waals surface area contributed by atoms with Gasteiger partial charge in [-0.2, -0.15) is 0 Å². The Bertz CT molecular complexity index is 366. The van der Waals surface area contributed by atoms with Crippen molar-refractivity contribution in [1.29, 1.82) is 0 Å². The van der Waals surface area contributed by atoms with E-state index in [-0.39, 0.29) is 0 Å². The molecule has 0 amide bonds. The zero-order chi connectivity index (χ0) is 11.5. The lowest BCUT2D eigenvalue weighted by Gasteiger charge is -2.21. The summed E-state index contributed by atoms with van der Waals surface area (Å²) < 4.78 is 10.7. The van der Waals surface area contributed by atoms with Crippen molar-refractivity contribution >= 4 is 0 Å². The van der Waals surface area contributed by atoms with Crippen LogP contribution in [0.4, 0.5) is 0 Å². The smallest absolute Gasteiger partial charge is 0.231 e. The first kappa shape index (κ1) is 11.2. The van der Waals surface area contributed by atoms with Crippen molar-refractivity contribution in [3.05, 3.63) is 23.8 Å². The summed E-state index contributed by atoms with van der Waals surface area (Å²) in [5.41, 5.74) is 1.22. The lowest BCUT2D eigenvalue weighted by Crippen LogP contribution is -2.28. The Balaban J connectivity index is 2.18. The van der Waals surface area contributed by atoms with Crippen molar-refractivity contribution < 1.29 is 9.47 Å². The van der Waals surface area contributed by atoms with Crippen molar-refractivity contribution in [1.82, 2.24) is 10.2 Å². The van der Waals surface area contributed by atoms with E-state index in [0.717, 1.165) is 18.0 Å². The highest BCUT2D eigenvalue weighted by molar-refractivity contribution is 5.45. The molecule has 1 unspecified atom stereocenters. The van der Waals surface area contributed by atoms with Crippen LogP contribution in [0.15, 0.2) is 18.2 Å². The van der Waals surface area contributed by atoms with E-state index in [9.17, 15) is 0 Å². The third-order valence-electron chi connectivity index (χ3n) is 2.70. The summed E-state index contributed by atoms with van der Waals surface area (Å²) in [4.78, 5) is 2.16. The average molecular weight is 222 g/mol. The van der Waals surface area contributed by atoms with E-state index in [1.54, 1.807) is 0 Å². The van der Waals surface area contributed by atoms with Crippen molar-refractivity contribution in [3.63, 3.8) is 0 Å². The standard InChI is InChI=1S/C12H18N2O2/c1-13-10(7-14(2)3)9-4-5-11-12(6-9)16-8-15-11/h4-6,10,13H,7-8H2,1-3H3. The molecule has 1 N–H and O–H groups in total. The zero-order valence-electron chi connectivity index (χ0n) is 9.99. The third kappa shape index (κ3) is 2.28. The molecule has 1 aromatic carbocycles. The molecule has 1 aromatic rings. The lowest BCUT2D eigenvalue weighted by atomic mass is 10.1. The van der Waals surface area contributed by atoms with Gasteiger partial charge in [0.05, 0.1) is 0 Å². The van der Waals surface area contributed by atoms with E-state index in [4.69, 9.17) is 9.47 Å². The molecule has 0 radical (unpaired) electrons. The first-order valence-electron chi connectivity index (χ1n) is 5.42. The van der Waals surface area contributed by atoms with E-state index < -0.39 is 0 Å². The van der Waals surface area contributed by atoms with E-state index in [0.29, 0.717) is 12.8 Å². The van der Waals surface area contributed by atoms with E-state index in [2.05, 4.69) is 30.4 Å². The zero-order valence-corrected chi connectivity index (χ0v) is 9.99. The molecule has 2 rings (SSSR count). The Morgan fingerprint density at radius 2 is 2.06 bits per heavy atom. The Labute approximate surface area is 96.2 Å². The summed E-state index contributed by atoms with van der Waals surface area (Å²) in [6, 6.07) is 6.41. The van der Waals surface area contributed by atoms with Crippen molar-refractivity contribution in [2.75, 3.05) is 34.5 Å². The number of ether oxygens (including phenoxy) is 2. The van der Waals surface area contributed by atoms with Gasteiger partial charge in [0.1, 0.15) is 0 Å². The summed E-state index contributed by atoms with van der Waals surface area (Å²) >= 11 is 0. The number of nitrogens with one attached hydrogen (secondary N) is 1. The third-order valence-corrected chi connectivity index (χ3v) is 2.70. The van der Waals surface area contributed by atoms with Gasteiger partial charge in [0.2, 0.25) is 6.79 Å². The van der Waals surface area contributed by atoms with Crippen LogP contribution in [0.3, 0.4) is 0 Å². The highest BCUT2D eigenvalue weighted by atomic mass is 16.7. The fraction of sp³-hybridized carbons (Fsp3) is 0.500. The van der Waals surface area contributed by atoms with Gasteiger partial charge in [-0.1, -0.05) is 6.07 Å². The van der Waals surface area contributed by atoms with E-state index in [1.807, 2.05) is 19.2 Å². The Kier molecular flexibility index (Phi) is 3.31. The molecule has 1 atom stereocenters. The largest absolute Gasteiger partial charge is 0.454 e. The van der Waals surface area contributed by atoms with Gasteiger partial charge in [-0.15, -0.1) is 0 Å². The van der Waals surface area contributed by atoms with Gasteiger partial charge >= 0.3 is 0 Å². The monoisotopic (exact) mass is 222 g/mol. The minimum atomic E-state index is 0.310. The second-order valence-corrected chi connectivity index (χ2v) is 4.22. The van der Waals surface area contributed by atoms with Crippen molar-refractivity contribution in [3.8, 4) is 11.5 Å². The summed E-state index contributed by atoms with van der Waals surface area (Å²) in [5.74, 6) is 1.68. The first-order valence-corrected chi connectivity index (χ1v) is 5.42. The minimum Gasteiger partial charge on any atom is -0.454 e. The fourth-order valence-electron chi connectivity index (χ4n) is 1.86. The highest BCUT2D eigenvalue weighted by Crippen LogP contribution is 2.34. The van der Waals surface area contributed by atoms with Crippen LogP contribution in [0.5, 0.6) is 11.5 Å². The molecule has 16 heavy (non-hydrogen) atoms. The van der Waals surface area contributed by atoms with Gasteiger partial charge in [0.25, 0.3) is 0 Å². The lowest BCUT2D eigenvalue weighted by molar-refractivity contribution is 0.174. The van der Waals surface area contributed by atoms with Crippen LogP contribution in [0, 0.1) is 0 Å². The summed E-state index contributed by atoms with van der Waals surface area (Å²) in [5, 5.41) is 3.30. The molecule has 0 saturated heterocycles. The molecule has 0 aliphatic carbocycles. The Morgan fingerprint density at radius 1 is 1.31 bits per heavy atom. The molecule has 88 valence electrons. The van der Waals surface area contributed by atoms with Gasteiger partial charge in [-0.25, -0.2) is 0 Å². The summed E-state index contributed by atoms with van der Waals surface area (Å²) in [6.07, 6.45) is 0. The molecule has 0 fully saturated rings. The van der Waals surface area contributed by atoms with Crippen LogP contribution >= 0.6 is 0 Å². The number of nitrogens with zero attached hydrogens (tertiary/aromatic N) is 1.